The molecular weight excluding hydrogens is 695 g/mol. The van der Waals surface area contributed by atoms with Crippen LogP contribution in [0.15, 0.2) is 134 Å². The molecule has 3 N–H and O–H groups in total. The van der Waals surface area contributed by atoms with E-state index in [1.165, 1.54) is 38.5 Å². The van der Waals surface area contributed by atoms with Crippen molar-refractivity contribution in [2.45, 2.75) is 161 Å². The Morgan fingerprint density at radius 3 is 1.50 bits per heavy atom. The van der Waals surface area contributed by atoms with Crippen molar-refractivity contribution in [3.8, 4) is 0 Å². The highest BCUT2D eigenvalue weighted by molar-refractivity contribution is 5.77. The molecule has 0 radical (unpaired) electrons. The maximum absolute atomic E-state index is 13.1. The molecule has 0 aliphatic heterocycles. The number of allylic oxidation sites excluding steroid dienone is 21. The lowest BCUT2D eigenvalue weighted by Crippen LogP contribution is -2.46. The van der Waals surface area contributed by atoms with Crippen molar-refractivity contribution in [2.24, 2.45) is 0 Å². The van der Waals surface area contributed by atoms with Gasteiger partial charge in [-0.15, -0.1) is 0 Å². The lowest BCUT2D eigenvalue weighted by atomic mass is 10.0. The second-order valence-corrected chi connectivity index (χ2v) is 13.9. The number of rotatable bonds is 35. The van der Waals surface area contributed by atoms with Crippen molar-refractivity contribution >= 4 is 11.9 Å². The van der Waals surface area contributed by atoms with Gasteiger partial charge >= 0.3 is 5.97 Å². The Morgan fingerprint density at radius 1 is 0.554 bits per heavy atom. The normalized spacial score (nSPS) is 14.7. The van der Waals surface area contributed by atoms with Crippen LogP contribution in [0, 0.1) is 0 Å². The van der Waals surface area contributed by atoms with Gasteiger partial charge in [0.2, 0.25) is 5.91 Å². The average molecular weight is 772 g/mol. The summed E-state index contributed by atoms with van der Waals surface area (Å²) in [4.78, 5) is 25.9. The first-order valence-corrected chi connectivity index (χ1v) is 21.6. The number of nitrogens with one attached hydrogen (secondary N) is 1. The van der Waals surface area contributed by atoms with E-state index in [1.54, 1.807) is 0 Å². The van der Waals surface area contributed by atoms with E-state index < -0.39 is 18.2 Å². The molecule has 6 heteroatoms. The third-order valence-electron chi connectivity index (χ3n) is 8.77. The van der Waals surface area contributed by atoms with Crippen LogP contribution in [0.4, 0.5) is 0 Å². The molecular formula is C50H77NO5. The summed E-state index contributed by atoms with van der Waals surface area (Å²) in [6.45, 7) is 6.08. The van der Waals surface area contributed by atoms with Gasteiger partial charge in [-0.1, -0.05) is 219 Å². The van der Waals surface area contributed by atoms with Gasteiger partial charge in [0.25, 0.3) is 0 Å². The van der Waals surface area contributed by atoms with E-state index in [4.69, 9.17) is 4.74 Å². The Bertz CT molecular complexity index is 1280. The van der Waals surface area contributed by atoms with Crippen LogP contribution in [0.3, 0.4) is 0 Å². The summed E-state index contributed by atoms with van der Waals surface area (Å²) in [7, 11) is 0. The summed E-state index contributed by atoms with van der Waals surface area (Å²) < 4.78 is 5.78. The van der Waals surface area contributed by atoms with Crippen LogP contribution in [0.25, 0.3) is 0 Å². The molecule has 0 saturated carbocycles. The highest BCUT2D eigenvalue weighted by Gasteiger charge is 2.23. The number of amides is 1. The first-order valence-electron chi connectivity index (χ1n) is 21.6. The van der Waals surface area contributed by atoms with E-state index in [0.717, 1.165) is 51.4 Å². The van der Waals surface area contributed by atoms with Crippen LogP contribution in [-0.4, -0.2) is 46.9 Å². The van der Waals surface area contributed by atoms with Crippen LogP contribution in [-0.2, 0) is 14.3 Å². The molecule has 0 fully saturated rings. The first kappa shape index (κ1) is 52.0. The van der Waals surface area contributed by atoms with Gasteiger partial charge in [-0.2, -0.15) is 0 Å². The third-order valence-corrected chi connectivity index (χ3v) is 8.77. The molecule has 3 unspecified atom stereocenters. The number of carbonyl (C=O) groups excluding carboxylic acids is 2. The zero-order valence-corrected chi connectivity index (χ0v) is 35.2. The second kappa shape index (κ2) is 42.1. The van der Waals surface area contributed by atoms with Crippen LogP contribution in [0.2, 0.25) is 0 Å². The SMILES string of the molecule is CC\C=C/C=C/C=C/C=C\C=C\C=C\CCCCCC(=O)OC(C/C=C/C=C\C=C/C=C/C=C/CC)CC(=O)NC(CO)C(O)CCCCCCCCCCC. The summed E-state index contributed by atoms with van der Waals surface area (Å²) in [6, 6.07) is -0.756. The zero-order chi connectivity index (χ0) is 41.0. The first-order chi connectivity index (χ1) is 27.5. The fraction of sp³-hybridized carbons (Fsp3) is 0.520. The van der Waals surface area contributed by atoms with Crippen LogP contribution >= 0.6 is 0 Å². The largest absolute Gasteiger partial charge is 0.461 e. The molecule has 0 rings (SSSR count). The minimum atomic E-state index is -0.832. The Hall–Kier alpha value is -4.00. The number of hydrogen-bond acceptors (Lipinski definition) is 5. The predicted octanol–water partition coefficient (Wildman–Crippen LogP) is 12.3. The summed E-state index contributed by atoms with van der Waals surface area (Å²) in [5.41, 5.74) is 0. The minimum Gasteiger partial charge on any atom is -0.461 e. The molecule has 6 nitrogen and oxygen atoms in total. The predicted molar refractivity (Wildman–Crippen MR) is 240 cm³/mol. The molecule has 0 aliphatic rings. The molecule has 56 heavy (non-hydrogen) atoms. The maximum atomic E-state index is 13.1. The minimum absolute atomic E-state index is 0.0471. The molecule has 0 aromatic rings. The van der Waals surface area contributed by atoms with Crippen LogP contribution in [0.1, 0.15) is 143 Å². The van der Waals surface area contributed by atoms with Gasteiger partial charge in [0, 0.05) is 12.8 Å². The van der Waals surface area contributed by atoms with Crippen molar-refractivity contribution in [1.82, 2.24) is 5.32 Å². The van der Waals surface area contributed by atoms with Crippen LogP contribution in [0.5, 0.6) is 0 Å². The third kappa shape index (κ3) is 36.9. The zero-order valence-electron chi connectivity index (χ0n) is 35.2. The van der Waals surface area contributed by atoms with E-state index in [2.05, 4.69) is 44.3 Å². The molecule has 0 aliphatic carbocycles. The number of esters is 1. The summed E-state index contributed by atoms with van der Waals surface area (Å²) in [6.07, 6.45) is 59.6. The van der Waals surface area contributed by atoms with Crippen LogP contribution < -0.4 is 5.32 Å². The average Bonchev–Trinajstić information content (AvgIpc) is 3.19. The number of aliphatic hydroxyl groups excluding tert-OH is 2. The van der Waals surface area contributed by atoms with E-state index in [0.29, 0.717) is 19.3 Å². The van der Waals surface area contributed by atoms with Gasteiger partial charge in [-0.25, -0.2) is 0 Å². The quantitative estimate of drug-likeness (QED) is 0.0339. The van der Waals surface area contributed by atoms with Gasteiger partial charge in [0.1, 0.15) is 6.10 Å². The van der Waals surface area contributed by atoms with Crippen molar-refractivity contribution < 1.29 is 24.5 Å². The lowest BCUT2D eigenvalue weighted by molar-refractivity contribution is -0.150. The molecule has 0 heterocycles. The highest BCUT2D eigenvalue weighted by atomic mass is 16.5. The van der Waals surface area contributed by atoms with E-state index >= 15 is 0 Å². The molecule has 0 aromatic carbocycles. The fourth-order valence-corrected chi connectivity index (χ4v) is 5.54. The molecule has 3 atom stereocenters. The maximum Gasteiger partial charge on any atom is 0.306 e. The van der Waals surface area contributed by atoms with Crippen molar-refractivity contribution in [3.63, 3.8) is 0 Å². The number of unbranched alkanes of at least 4 members (excludes halogenated alkanes) is 11. The van der Waals surface area contributed by atoms with Crippen molar-refractivity contribution in [2.75, 3.05) is 6.61 Å². The molecule has 1 amide bonds. The smallest absolute Gasteiger partial charge is 0.306 e. The number of carbonyl (C=O) groups is 2. The summed E-state index contributed by atoms with van der Waals surface area (Å²) in [5.74, 6) is -0.681. The van der Waals surface area contributed by atoms with Gasteiger partial charge in [-0.05, 0) is 38.5 Å². The molecule has 0 spiro atoms. The summed E-state index contributed by atoms with van der Waals surface area (Å²) in [5, 5.41) is 23.5. The Morgan fingerprint density at radius 2 is 1.00 bits per heavy atom. The topological polar surface area (TPSA) is 95.9 Å². The fourth-order valence-electron chi connectivity index (χ4n) is 5.54. The van der Waals surface area contributed by atoms with Gasteiger partial charge in [0.15, 0.2) is 0 Å². The lowest BCUT2D eigenvalue weighted by Gasteiger charge is -2.24. The molecule has 312 valence electrons. The standard InChI is InChI=1S/C50H77NO5/c1-4-7-10-13-16-19-21-22-23-24-25-26-28-31-34-37-40-43-50(55)56-46(41-38-35-32-30-27-20-17-14-11-8-5-2)44-49(54)51-47(45-52)48(53)42-39-36-33-29-18-15-12-9-6-3/h7-8,10-11,13-14,16-17,19-28,30,32,35,38,46-48,52-53H,4-6,9,12,15,18,29,31,33-34,36-37,39-45H2,1-3H3,(H,51,54)/b10-7-,11-8+,16-13+,17-14+,21-19+,23-22-,25-24+,27-20-,28-26+,32-30-,38-35+. The van der Waals surface area contributed by atoms with Gasteiger partial charge < -0.3 is 20.3 Å². The number of ether oxygens (including phenoxy) is 1. The molecule has 0 aromatic heterocycles. The Kier molecular flexibility index (Phi) is 39.1. The van der Waals surface area contributed by atoms with E-state index in [-0.39, 0.29) is 31.3 Å². The monoisotopic (exact) mass is 772 g/mol. The van der Waals surface area contributed by atoms with Crippen molar-refractivity contribution in [3.05, 3.63) is 134 Å². The van der Waals surface area contributed by atoms with Gasteiger partial charge in [-0.3, -0.25) is 9.59 Å². The van der Waals surface area contributed by atoms with Crippen molar-refractivity contribution in [1.29, 1.82) is 0 Å². The molecule has 0 saturated heterocycles. The van der Waals surface area contributed by atoms with Gasteiger partial charge in [0.05, 0.1) is 25.2 Å². The number of hydrogen-bond donors (Lipinski definition) is 3. The Labute approximate surface area is 342 Å². The Balaban J connectivity index is 4.87. The van der Waals surface area contributed by atoms with E-state index in [1.807, 2.05) is 115 Å². The number of aliphatic hydroxyl groups is 2. The highest BCUT2D eigenvalue weighted by Crippen LogP contribution is 2.14. The molecule has 0 bridgehead atoms. The van der Waals surface area contributed by atoms with E-state index in [9.17, 15) is 19.8 Å². The summed E-state index contributed by atoms with van der Waals surface area (Å²) >= 11 is 0. The second-order valence-electron chi connectivity index (χ2n) is 13.9.